The van der Waals surface area contributed by atoms with Crippen LogP contribution in [0.3, 0.4) is 0 Å². The van der Waals surface area contributed by atoms with Crippen LogP contribution in [-0.4, -0.2) is 68.9 Å². The molecule has 2 saturated heterocycles. The molecule has 2 aromatic carbocycles. The average molecular weight is 436 g/mol. The number of nitrogens with zero attached hydrogens (tertiary/aromatic N) is 3. The van der Waals surface area contributed by atoms with E-state index in [0.29, 0.717) is 12.5 Å². The minimum absolute atomic E-state index is 0.134. The maximum atomic E-state index is 13.0. The fourth-order valence-electron chi connectivity index (χ4n) is 5.43. The third-order valence-corrected chi connectivity index (χ3v) is 7.26. The molecule has 0 N–H and O–H groups in total. The van der Waals surface area contributed by atoms with Crippen LogP contribution in [-0.2, 0) is 16.1 Å². The minimum Gasteiger partial charge on any atom is -0.445 e. The fourth-order valence-corrected chi connectivity index (χ4v) is 5.43. The quantitative estimate of drug-likeness (QED) is 0.686. The molecule has 6 nitrogen and oxygen atoms in total. The van der Waals surface area contributed by atoms with Gasteiger partial charge in [-0.25, -0.2) is 4.79 Å². The van der Waals surface area contributed by atoms with Crippen molar-refractivity contribution < 1.29 is 14.3 Å². The van der Waals surface area contributed by atoms with Crippen molar-refractivity contribution >= 4 is 11.8 Å². The number of piperazine rings is 1. The van der Waals surface area contributed by atoms with E-state index in [1.165, 1.54) is 16.8 Å². The Bertz CT molecular complexity index is 927. The van der Waals surface area contributed by atoms with Gasteiger partial charge in [-0.2, -0.15) is 0 Å². The van der Waals surface area contributed by atoms with Gasteiger partial charge in [0.25, 0.3) is 0 Å². The molecule has 0 unspecified atom stereocenters. The predicted molar refractivity (Wildman–Crippen MR) is 125 cm³/mol. The SMILES string of the molecule is COCCN1CCN(c2ccc3c(c2)[C@H]2C[C@@H]3CCN2C(=O)OCc2ccccc2)CC1. The first-order chi connectivity index (χ1) is 15.7. The Labute approximate surface area is 190 Å². The van der Waals surface area contributed by atoms with Crippen molar-refractivity contribution in [3.63, 3.8) is 0 Å². The van der Waals surface area contributed by atoms with E-state index in [1.54, 1.807) is 7.11 Å². The molecule has 1 amide bonds. The van der Waals surface area contributed by atoms with Gasteiger partial charge in [0, 0.05) is 52.1 Å². The van der Waals surface area contributed by atoms with Crippen LogP contribution >= 0.6 is 0 Å². The van der Waals surface area contributed by atoms with Crippen molar-refractivity contribution in [2.75, 3.05) is 57.9 Å². The zero-order valence-electron chi connectivity index (χ0n) is 18.9. The Kier molecular flexibility index (Phi) is 6.32. The first-order valence-corrected chi connectivity index (χ1v) is 11.8. The summed E-state index contributed by atoms with van der Waals surface area (Å²) in [7, 11) is 1.76. The van der Waals surface area contributed by atoms with Gasteiger partial charge >= 0.3 is 6.09 Å². The standard InChI is InChI=1S/C26H33N3O3/c1-31-16-15-27-11-13-28(14-12-27)22-7-8-23-21-9-10-29(25(17-21)24(23)18-22)26(30)32-19-20-5-3-2-4-6-20/h2-8,18,21,25H,9-17,19H2,1H3/t21-,25+/m0/s1. The summed E-state index contributed by atoms with van der Waals surface area (Å²) in [6.07, 6.45) is 1.84. The van der Waals surface area contributed by atoms with Gasteiger partial charge in [0.05, 0.1) is 12.6 Å². The Morgan fingerprint density at radius 1 is 1.00 bits per heavy atom. The molecule has 32 heavy (non-hydrogen) atoms. The minimum atomic E-state index is -0.192. The monoisotopic (exact) mass is 435 g/mol. The highest BCUT2D eigenvalue weighted by atomic mass is 16.6. The van der Waals surface area contributed by atoms with Gasteiger partial charge in [-0.3, -0.25) is 4.90 Å². The number of hydrogen-bond donors (Lipinski definition) is 0. The van der Waals surface area contributed by atoms with Gasteiger partial charge in [0.15, 0.2) is 0 Å². The number of anilines is 1. The number of methoxy groups -OCH3 is 1. The van der Waals surface area contributed by atoms with E-state index < -0.39 is 0 Å². The second-order valence-corrected chi connectivity index (χ2v) is 9.11. The third kappa shape index (κ3) is 4.34. The normalized spacial score (nSPS) is 22.7. The van der Waals surface area contributed by atoms with E-state index in [-0.39, 0.29) is 12.1 Å². The number of hydrogen-bond acceptors (Lipinski definition) is 5. The number of fused-ring (bicyclic) bond motifs is 5. The maximum absolute atomic E-state index is 13.0. The molecule has 2 aromatic rings. The highest BCUT2D eigenvalue weighted by Crippen LogP contribution is 2.50. The summed E-state index contributed by atoms with van der Waals surface area (Å²) in [4.78, 5) is 19.9. The number of amides is 1. The van der Waals surface area contributed by atoms with E-state index in [2.05, 4.69) is 28.0 Å². The Hall–Kier alpha value is -2.57. The van der Waals surface area contributed by atoms with Crippen LogP contribution in [0.25, 0.3) is 0 Å². The molecule has 2 bridgehead atoms. The van der Waals surface area contributed by atoms with Crippen LogP contribution in [0.15, 0.2) is 48.5 Å². The summed E-state index contributed by atoms with van der Waals surface area (Å²) in [5.41, 5.74) is 5.05. The average Bonchev–Trinajstić information content (AvgIpc) is 3.13. The van der Waals surface area contributed by atoms with Gasteiger partial charge in [0.1, 0.15) is 6.61 Å². The van der Waals surface area contributed by atoms with Gasteiger partial charge in [-0.05, 0) is 47.6 Å². The zero-order chi connectivity index (χ0) is 21.9. The highest BCUT2D eigenvalue weighted by molar-refractivity contribution is 5.70. The van der Waals surface area contributed by atoms with Gasteiger partial charge in [-0.15, -0.1) is 0 Å². The number of likely N-dealkylation sites (tertiary alicyclic amines) is 1. The van der Waals surface area contributed by atoms with Gasteiger partial charge < -0.3 is 19.3 Å². The fraction of sp³-hybridized carbons (Fsp3) is 0.500. The molecule has 170 valence electrons. The van der Waals surface area contributed by atoms with Crippen LogP contribution in [0.1, 0.15) is 41.5 Å². The van der Waals surface area contributed by atoms with Crippen molar-refractivity contribution in [3.8, 4) is 0 Å². The van der Waals surface area contributed by atoms with E-state index in [0.717, 1.165) is 64.3 Å². The molecule has 0 spiro atoms. The van der Waals surface area contributed by atoms with Crippen LogP contribution < -0.4 is 4.90 Å². The second-order valence-electron chi connectivity index (χ2n) is 9.11. The molecular weight excluding hydrogens is 402 g/mol. The number of carbonyl (C=O) groups excluding carboxylic acids is 1. The summed E-state index contributed by atoms with van der Waals surface area (Å²) >= 11 is 0. The van der Waals surface area contributed by atoms with E-state index >= 15 is 0 Å². The summed E-state index contributed by atoms with van der Waals surface area (Å²) in [5.74, 6) is 0.563. The van der Waals surface area contributed by atoms with Crippen LogP contribution in [0, 0.1) is 0 Å². The molecule has 2 atom stereocenters. The van der Waals surface area contributed by atoms with E-state index in [4.69, 9.17) is 9.47 Å². The Balaban J connectivity index is 1.26. The predicted octanol–water partition coefficient (Wildman–Crippen LogP) is 4.03. The summed E-state index contributed by atoms with van der Waals surface area (Å²) in [5, 5.41) is 0. The highest BCUT2D eigenvalue weighted by Gasteiger charge is 2.41. The molecule has 0 saturated carbocycles. The molecule has 6 heteroatoms. The summed E-state index contributed by atoms with van der Waals surface area (Å²) < 4.78 is 10.9. The lowest BCUT2D eigenvalue weighted by Gasteiger charge is -2.36. The molecule has 1 aliphatic carbocycles. The van der Waals surface area contributed by atoms with Crippen molar-refractivity contribution in [1.29, 1.82) is 0 Å². The van der Waals surface area contributed by atoms with Gasteiger partial charge in [0.2, 0.25) is 0 Å². The smallest absolute Gasteiger partial charge is 0.410 e. The molecule has 2 aliphatic heterocycles. The molecule has 0 radical (unpaired) electrons. The molecule has 2 heterocycles. The topological polar surface area (TPSA) is 45.2 Å². The van der Waals surface area contributed by atoms with Crippen LogP contribution in [0.2, 0.25) is 0 Å². The Morgan fingerprint density at radius 2 is 1.81 bits per heavy atom. The number of rotatable bonds is 6. The van der Waals surface area contributed by atoms with Crippen molar-refractivity contribution in [3.05, 3.63) is 65.2 Å². The summed E-state index contributed by atoms with van der Waals surface area (Å²) in [6, 6.07) is 17.0. The molecular formula is C26H33N3O3. The zero-order valence-corrected chi connectivity index (χ0v) is 18.9. The lowest BCUT2D eigenvalue weighted by Crippen LogP contribution is -2.47. The molecule has 5 rings (SSSR count). The number of carbonyl (C=O) groups is 1. The van der Waals surface area contributed by atoms with Crippen molar-refractivity contribution in [2.45, 2.75) is 31.4 Å². The first kappa shape index (κ1) is 21.3. The van der Waals surface area contributed by atoms with Crippen molar-refractivity contribution in [1.82, 2.24) is 9.80 Å². The van der Waals surface area contributed by atoms with E-state index in [1.807, 2.05) is 35.2 Å². The van der Waals surface area contributed by atoms with Crippen molar-refractivity contribution in [2.24, 2.45) is 0 Å². The maximum Gasteiger partial charge on any atom is 0.410 e. The van der Waals surface area contributed by atoms with Gasteiger partial charge in [-0.1, -0.05) is 36.4 Å². The number of piperidine rings is 1. The second kappa shape index (κ2) is 9.51. The molecule has 3 aliphatic rings. The molecule has 0 aromatic heterocycles. The lowest BCUT2D eigenvalue weighted by molar-refractivity contribution is 0.0694. The first-order valence-electron chi connectivity index (χ1n) is 11.8. The number of benzene rings is 2. The van der Waals surface area contributed by atoms with Crippen LogP contribution in [0.5, 0.6) is 0 Å². The van der Waals surface area contributed by atoms with Crippen LogP contribution in [0.4, 0.5) is 10.5 Å². The lowest BCUT2D eigenvalue weighted by atomic mass is 9.96. The largest absolute Gasteiger partial charge is 0.445 e. The summed E-state index contributed by atoms with van der Waals surface area (Å²) in [6.45, 7) is 7.06. The van der Waals surface area contributed by atoms with E-state index in [9.17, 15) is 4.79 Å². The molecule has 2 fully saturated rings. The third-order valence-electron chi connectivity index (χ3n) is 7.26. The Morgan fingerprint density at radius 3 is 2.59 bits per heavy atom. The number of ether oxygens (including phenoxy) is 2.